The molecule has 0 saturated heterocycles. The Morgan fingerprint density at radius 3 is 3.05 bits per heavy atom. The van der Waals surface area contributed by atoms with E-state index in [1.807, 2.05) is 25.5 Å². The van der Waals surface area contributed by atoms with Crippen molar-refractivity contribution in [1.29, 1.82) is 0 Å². The summed E-state index contributed by atoms with van der Waals surface area (Å²) < 4.78 is 2.71. The molecular weight excluding hydrogens is 346 g/mol. The molecule has 22 heavy (non-hydrogen) atoms. The number of aliphatic imine (C=N–C) groups is 1. The summed E-state index contributed by atoms with van der Waals surface area (Å²) in [6.07, 6.45) is 8.50. The Balaban J connectivity index is 1.72. The van der Waals surface area contributed by atoms with Crippen molar-refractivity contribution in [3.05, 3.63) is 28.6 Å². The van der Waals surface area contributed by atoms with Crippen molar-refractivity contribution in [2.45, 2.75) is 6.42 Å². The molecule has 4 rings (SSSR count). The van der Waals surface area contributed by atoms with Crippen LogP contribution in [0, 0.1) is 0 Å². The Morgan fingerprint density at radius 1 is 1.32 bits per heavy atom. The average molecular weight is 360 g/mol. The summed E-state index contributed by atoms with van der Waals surface area (Å²) in [4.78, 5) is 15.8. The van der Waals surface area contributed by atoms with Gasteiger partial charge in [-0.3, -0.25) is 9.67 Å². The number of anilines is 3. The summed E-state index contributed by atoms with van der Waals surface area (Å²) in [6, 6.07) is 0. The van der Waals surface area contributed by atoms with Crippen LogP contribution in [0.15, 0.2) is 28.1 Å². The van der Waals surface area contributed by atoms with E-state index in [1.54, 1.807) is 10.9 Å². The number of halogens is 1. The first-order chi connectivity index (χ1) is 10.7. The van der Waals surface area contributed by atoms with E-state index in [0.717, 1.165) is 46.9 Å². The summed E-state index contributed by atoms with van der Waals surface area (Å²) in [5, 5.41) is 7.31. The highest BCUT2D eigenvalue weighted by atomic mass is 79.9. The number of aryl methyl sites for hydroxylation is 1. The van der Waals surface area contributed by atoms with E-state index in [1.165, 1.54) is 0 Å². The van der Waals surface area contributed by atoms with Gasteiger partial charge in [-0.25, -0.2) is 4.98 Å². The number of hydrogen-bond donors (Lipinski definition) is 1. The maximum absolute atomic E-state index is 4.66. The van der Waals surface area contributed by atoms with Crippen molar-refractivity contribution in [1.82, 2.24) is 19.7 Å². The van der Waals surface area contributed by atoms with Gasteiger partial charge in [0.2, 0.25) is 5.95 Å². The largest absolute Gasteiger partial charge is 0.321 e. The van der Waals surface area contributed by atoms with Gasteiger partial charge in [0, 0.05) is 38.1 Å². The van der Waals surface area contributed by atoms with Crippen LogP contribution in [-0.2, 0) is 7.05 Å². The molecule has 0 unspecified atom stereocenters. The van der Waals surface area contributed by atoms with E-state index >= 15 is 0 Å². The molecule has 8 heteroatoms. The highest BCUT2D eigenvalue weighted by Gasteiger charge is 2.27. The Labute approximate surface area is 135 Å². The number of amidine groups is 1. The van der Waals surface area contributed by atoms with Gasteiger partial charge in [-0.05, 0) is 28.4 Å². The number of hydrogen-bond acceptors (Lipinski definition) is 6. The van der Waals surface area contributed by atoms with E-state index < -0.39 is 0 Å². The number of rotatable bonds is 2. The maximum Gasteiger partial charge on any atom is 0.229 e. The number of fused-ring (bicyclic) bond motifs is 3. The Hall–Kier alpha value is -2.22. The summed E-state index contributed by atoms with van der Waals surface area (Å²) in [6.45, 7) is 1.77. The second-order valence-corrected chi connectivity index (χ2v) is 6.06. The minimum Gasteiger partial charge on any atom is -0.321 e. The quantitative estimate of drug-likeness (QED) is 0.890. The number of nitrogens with zero attached hydrogens (tertiary/aromatic N) is 6. The predicted molar refractivity (Wildman–Crippen MR) is 89.7 cm³/mol. The molecule has 0 saturated carbocycles. The molecule has 2 aliphatic rings. The van der Waals surface area contributed by atoms with Gasteiger partial charge in [0.25, 0.3) is 0 Å². The Morgan fingerprint density at radius 2 is 2.23 bits per heavy atom. The average Bonchev–Trinajstić information content (AvgIpc) is 2.93. The Kier molecular flexibility index (Phi) is 3.18. The molecule has 112 valence electrons. The molecule has 2 aromatic heterocycles. The zero-order valence-corrected chi connectivity index (χ0v) is 13.6. The number of aromatic nitrogens is 4. The molecule has 7 nitrogen and oxygen atoms in total. The molecule has 0 radical (unpaired) electrons. The molecule has 0 amide bonds. The first-order valence-electron chi connectivity index (χ1n) is 7.03. The fourth-order valence-electron chi connectivity index (χ4n) is 2.59. The van der Waals surface area contributed by atoms with Crippen molar-refractivity contribution in [2.75, 3.05) is 23.3 Å². The molecular formula is C14H14BrN7. The third-order valence-electron chi connectivity index (χ3n) is 3.57. The molecule has 2 aromatic rings. The summed E-state index contributed by atoms with van der Waals surface area (Å²) in [5.74, 6) is 2.40. The lowest BCUT2D eigenvalue weighted by Crippen LogP contribution is -2.38. The molecule has 0 fully saturated rings. The van der Waals surface area contributed by atoms with Crippen LogP contribution in [0.4, 0.5) is 17.5 Å². The molecule has 0 bridgehead atoms. The van der Waals surface area contributed by atoms with E-state index in [9.17, 15) is 0 Å². The van der Waals surface area contributed by atoms with E-state index in [2.05, 4.69) is 46.2 Å². The molecule has 4 heterocycles. The normalized spacial score (nSPS) is 16.5. The molecule has 0 aromatic carbocycles. The minimum absolute atomic E-state index is 0.558. The lowest BCUT2D eigenvalue weighted by atomic mass is 10.1. The lowest BCUT2D eigenvalue weighted by Gasteiger charge is -2.32. The lowest BCUT2D eigenvalue weighted by molar-refractivity contribution is 0.768. The fourth-order valence-corrected chi connectivity index (χ4v) is 3.18. The van der Waals surface area contributed by atoms with Gasteiger partial charge in [-0.1, -0.05) is 0 Å². The van der Waals surface area contributed by atoms with E-state index in [4.69, 9.17) is 0 Å². The maximum atomic E-state index is 4.66. The second-order valence-electron chi connectivity index (χ2n) is 5.20. The van der Waals surface area contributed by atoms with Crippen molar-refractivity contribution < 1.29 is 0 Å². The zero-order valence-electron chi connectivity index (χ0n) is 12.0. The highest BCUT2D eigenvalue weighted by Crippen LogP contribution is 2.33. The van der Waals surface area contributed by atoms with Gasteiger partial charge in [0.15, 0.2) is 0 Å². The topological polar surface area (TPSA) is 71.2 Å². The smallest absolute Gasteiger partial charge is 0.229 e. The zero-order chi connectivity index (χ0) is 15.1. The van der Waals surface area contributed by atoms with Gasteiger partial charge < -0.3 is 10.2 Å². The first kappa shape index (κ1) is 13.4. The summed E-state index contributed by atoms with van der Waals surface area (Å²) >= 11 is 3.58. The molecule has 0 spiro atoms. The molecule has 2 aliphatic heterocycles. The second kappa shape index (κ2) is 5.20. The van der Waals surface area contributed by atoms with Gasteiger partial charge in [-0.15, -0.1) is 0 Å². The van der Waals surface area contributed by atoms with E-state index in [-0.39, 0.29) is 0 Å². The monoisotopic (exact) mass is 359 g/mol. The van der Waals surface area contributed by atoms with Gasteiger partial charge in [0.05, 0.1) is 16.4 Å². The van der Waals surface area contributed by atoms with Crippen LogP contribution in [0.2, 0.25) is 0 Å². The molecule has 0 atom stereocenters. The van der Waals surface area contributed by atoms with Crippen LogP contribution >= 0.6 is 15.9 Å². The van der Waals surface area contributed by atoms with Crippen molar-refractivity contribution >= 4 is 45.3 Å². The fraction of sp³-hybridized carbons (Fsp3) is 0.286. The van der Waals surface area contributed by atoms with Crippen LogP contribution in [-0.4, -0.2) is 38.7 Å². The standard InChI is InChI=1S/C14H14BrN7/c1-21-8-10(7-18-21)19-14-17-6-9-5-11(15)13-16-3-2-4-22(13)12(9)20-14/h5-8H,2-4H2,1H3,(H,17,19,20). The minimum atomic E-state index is 0.558. The SMILES string of the molecule is Cn1cc(Nc2ncc3c(n2)N2CCCN=C2C(Br)=C3)cn1. The van der Waals surface area contributed by atoms with Crippen LogP contribution in [0.1, 0.15) is 12.0 Å². The van der Waals surface area contributed by atoms with Gasteiger partial charge >= 0.3 is 0 Å². The predicted octanol–water partition coefficient (Wildman–Crippen LogP) is 2.31. The van der Waals surface area contributed by atoms with Crippen molar-refractivity contribution in [3.63, 3.8) is 0 Å². The van der Waals surface area contributed by atoms with Crippen LogP contribution in [0.25, 0.3) is 6.08 Å². The molecule has 0 aliphatic carbocycles. The van der Waals surface area contributed by atoms with Crippen LogP contribution in [0.5, 0.6) is 0 Å². The third kappa shape index (κ3) is 2.29. The van der Waals surface area contributed by atoms with Gasteiger partial charge in [0.1, 0.15) is 11.7 Å². The highest BCUT2D eigenvalue weighted by molar-refractivity contribution is 9.12. The van der Waals surface area contributed by atoms with Crippen molar-refractivity contribution in [3.8, 4) is 0 Å². The molecule has 1 N–H and O–H groups in total. The van der Waals surface area contributed by atoms with Crippen LogP contribution < -0.4 is 10.2 Å². The first-order valence-corrected chi connectivity index (χ1v) is 7.82. The number of nitrogens with one attached hydrogen (secondary N) is 1. The van der Waals surface area contributed by atoms with Gasteiger partial charge in [-0.2, -0.15) is 10.1 Å². The summed E-state index contributed by atoms with van der Waals surface area (Å²) in [7, 11) is 1.87. The third-order valence-corrected chi connectivity index (χ3v) is 4.15. The van der Waals surface area contributed by atoms with Crippen molar-refractivity contribution in [2.24, 2.45) is 12.0 Å². The van der Waals surface area contributed by atoms with E-state index in [0.29, 0.717) is 5.95 Å². The van der Waals surface area contributed by atoms with Crippen LogP contribution in [0.3, 0.4) is 0 Å². The Bertz CT molecular complexity index is 792. The summed E-state index contributed by atoms with van der Waals surface area (Å²) in [5.41, 5.74) is 1.85.